The second kappa shape index (κ2) is 6.28. The van der Waals surface area contributed by atoms with Gasteiger partial charge in [0.2, 0.25) is 10.0 Å². The molecule has 0 fully saturated rings. The first kappa shape index (κ1) is 15.5. The van der Waals surface area contributed by atoms with Crippen LogP contribution in [0.5, 0.6) is 0 Å². The van der Waals surface area contributed by atoms with E-state index >= 15 is 0 Å². The van der Waals surface area contributed by atoms with Crippen molar-refractivity contribution in [2.75, 3.05) is 26.0 Å². The lowest BCUT2D eigenvalue weighted by Gasteiger charge is -2.20. The quantitative estimate of drug-likeness (QED) is 0.852. The first-order valence-electron chi connectivity index (χ1n) is 6.69. The Labute approximate surface area is 126 Å². The van der Waals surface area contributed by atoms with Crippen LogP contribution in [0, 0.1) is 0 Å². The highest BCUT2D eigenvalue weighted by Gasteiger charge is 2.17. The third-order valence-electron chi connectivity index (χ3n) is 3.29. The summed E-state index contributed by atoms with van der Waals surface area (Å²) >= 11 is 0. The molecule has 0 aromatic heterocycles. The molecule has 0 heterocycles. The van der Waals surface area contributed by atoms with Crippen LogP contribution in [-0.2, 0) is 16.6 Å². The fraction of sp³-hybridized carbons (Fsp3) is 0.250. The molecule has 0 aliphatic carbocycles. The van der Waals surface area contributed by atoms with E-state index in [-0.39, 0.29) is 0 Å². The van der Waals surface area contributed by atoms with Gasteiger partial charge in [0.1, 0.15) is 0 Å². The van der Waals surface area contributed by atoms with Gasteiger partial charge in [-0.3, -0.25) is 0 Å². The Morgan fingerprint density at radius 3 is 2.19 bits per heavy atom. The maximum absolute atomic E-state index is 12.2. The molecule has 2 rings (SSSR count). The lowest BCUT2D eigenvalue weighted by Crippen LogP contribution is -2.22. The van der Waals surface area contributed by atoms with Crippen LogP contribution < -0.4 is 4.90 Å². The molecule has 2 aromatic rings. The molecule has 0 amide bonds. The summed E-state index contributed by atoms with van der Waals surface area (Å²) < 4.78 is 25.5. The zero-order valence-electron chi connectivity index (χ0n) is 12.5. The van der Waals surface area contributed by atoms with Crippen molar-refractivity contribution in [1.82, 2.24) is 4.31 Å². The van der Waals surface area contributed by atoms with Crippen LogP contribution in [0.25, 0.3) is 0 Å². The Hall–Kier alpha value is -1.85. The Morgan fingerprint density at radius 2 is 1.57 bits per heavy atom. The van der Waals surface area contributed by atoms with Crippen molar-refractivity contribution in [2.24, 2.45) is 0 Å². The third kappa shape index (κ3) is 3.62. The van der Waals surface area contributed by atoms with E-state index < -0.39 is 10.0 Å². The number of hydrogen-bond donors (Lipinski definition) is 0. The first-order chi connectivity index (χ1) is 9.91. The minimum Gasteiger partial charge on any atom is -0.370 e. The molecule has 0 bridgehead atoms. The summed E-state index contributed by atoms with van der Waals surface area (Å²) in [5, 5.41) is 0. The van der Waals surface area contributed by atoms with E-state index in [1.54, 1.807) is 18.2 Å². The lowest BCUT2D eigenvalue weighted by molar-refractivity contribution is 0.520. The molecular formula is C16H20N2O2S. The average Bonchev–Trinajstić information content (AvgIpc) is 2.48. The Bertz CT molecular complexity index is 697. The molecule has 0 aliphatic rings. The Morgan fingerprint density at radius 1 is 0.905 bits per heavy atom. The number of nitrogens with zero attached hydrogens (tertiary/aromatic N) is 2. The molecule has 0 atom stereocenters. The topological polar surface area (TPSA) is 40.6 Å². The fourth-order valence-electron chi connectivity index (χ4n) is 2.06. The molecule has 4 nitrogen and oxygen atoms in total. The molecule has 0 saturated carbocycles. The van der Waals surface area contributed by atoms with E-state index in [1.807, 2.05) is 43.4 Å². The molecule has 0 spiro atoms. The van der Waals surface area contributed by atoms with Gasteiger partial charge in [0, 0.05) is 33.4 Å². The smallest absolute Gasteiger partial charge is 0.242 e. The highest BCUT2D eigenvalue weighted by molar-refractivity contribution is 7.89. The maximum Gasteiger partial charge on any atom is 0.242 e. The van der Waals surface area contributed by atoms with E-state index in [0.717, 1.165) is 11.3 Å². The Kier molecular flexibility index (Phi) is 4.65. The van der Waals surface area contributed by atoms with Crippen molar-refractivity contribution in [2.45, 2.75) is 11.4 Å². The van der Waals surface area contributed by atoms with E-state index in [2.05, 4.69) is 4.90 Å². The standard InChI is InChI=1S/C16H20N2O2S/c1-17(2)21(19,20)16-11-7-8-14(12-16)13-18(3)15-9-5-4-6-10-15/h4-12H,13H2,1-3H3. The van der Waals surface area contributed by atoms with Gasteiger partial charge >= 0.3 is 0 Å². The van der Waals surface area contributed by atoms with Gasteiger partial charge in [0.25, 0.3) is 0 Å². The number of rotatable bonds is 5. The van der Waals surface area contributed by atoms with Gasteiger partial charge in [-0.15, -0.1) is 0 Å². The molecule has 0 radical (unpaired) electrons. The molecule has 0 aliphatic heterocycles. The van der Waals surface area contributed by atoms with Crippen molar-refractivity contribution in [1.29, 1.82) is 0 Å². The largest absolute Gasteiger partial charge is 0.370 e. The monoisotopic (exact) mass is 304 g/mol. The molecule has 2 aromatic carbocycles. The van der Waals surface area contributed by atoms with Crippen molar-refractivity contribution >= 4 is 15.7 Å². The van der Waals surface area contributed by atoms with Crippen LogP contribution in [0.2, 0.25) is 0 Å². The van der Waals surface area contributed by atoms with E-state index in [0.29, 0.717) is 11.4 Å². The molecule has 0 saturated heterocycles. The number of benzene rings is 2. The van der Waals surface area contributed by atoms with Gasteiger partial charge in [-0.25, -0.2) is 12.7 Å². The van der Waals surface area contributed by atoms with E-state index in [1.165, 1.54) is 18.4 Å². The van der Waals surface area contributed by atoms with Gasteiger partial charge in [0.05, 0.1) is 4.90 Å². The van der Waals surface area contributed by atoms with Gasteiger partial charge in [-0.2, -0.15) is 0 Å². The SMILES string of the molecule is CN(Cc1cccc(S(=O)(=O)N(C)C)c1)c1ccccc1. The van der Waals surface area contributed by atoms with Crippen LogP contribution >= 0.6 is 0 Å². The number of para-hydroxylation sites is 1. The molecule has 21 heavy (non-hydrogen) atoms. The number of anilines is 1. The Balaban J connectivity index is 2.23. The van der Waals surface area contributed by atoms with Crippen LogP contribution in [0.3, 0.4) is 0 Å². The molecule has 0 unspecified atom stereocenters. The van der Waals surface area contributed by atoms with Crippen molar-refractivity contribution in [3.8, 4) is 0 Å². The molecule has 5 heteroatoms. The molecular weight excluding hydrogens is 284 g/mol. The normalized spacial score (nSPS) is 11.6. The van der Waals surface area contributed by atoms with Crippen LogP contribution in [0.1, 0.15) is 5.56 Å². The summed E-state index contributed by atoms with van der Waals surface area (Å²) in [7, 11) is 1.68. The predicted octanol–water partition coefficient (Wildman–Crippen LogP) is 2.57. The summed E-state index contributed by atoms with van der Waals surface area (Å²) in [5.41, 5.74) is 2.06. The second-order valence-electron chi connectivity index (χ2n) is 5.13. The summed E-state index contributed by atoms with van der Waals surface area (Å²) in [6, 6.07) is 17.1. The third-order valence-corrected chi connectivity index (χ3v) is 5.10. The van der Waals surface area contributed by atoms with Crippen molar-refractivity contribution < 1.29 is 8.42 Å². The fourth-order valence-corrected chi connectivity index (χ4v) is 3.04. The average molecular weight is 304 g/mol. The van der Waals surface area contributed by atoms with Crippen molar-refractivity contribution in [3.63, 3.8) is 0 Å². The van der Waals surface area contributed by atoms with E-state index in [4.69, 9.17) is 0 Å². The minimum atomic E-state index is -3.39. The predicted molar refractivity (Wildman–Crippen MR) is 85.9 cm³/mol. The van der Waals surface area contributed by atoms with Crippen LogP contribution in [0.4, 0.5) is 5.69 Å². The second-order valence-corrected chi connectivity index (χ2v) is 7.28. The van der Waals surface area contributed by atoms with E-state index in [9.17, 15) is 8.42 Å². The zero-order valence-corrected chi connectivity index (χ0v) is 13.3. The number of sulfonamides is 1. The molecule has 0 N–H and O–H groups in total. The lowest BCUT2D eigenvalue weighted by atomic mass is 10.2. The van der Waals surface area contributed by atoms with Gasteiger partial charge in [-0.1, -0.05) is 30.3 Å². The summed E-state index contributed by atoms with van der Waals surface area (Å²) in [4.78, 5) is 2.41. The minimum absolute atomic E-state index is 0.325. The van der Waals surface area contributed by atoms with Crippen molar-refractivity contribution in [3.05, 3.63) is 60.2 Å². The van der Waals surface area contributed by atoms with Gasteiger partial charge < -0.3 is 4.90 Å². The van der Waals surface area contributed by atoms with Crippen LogP contribution in [-0.4, -0.2) is 33.9 Å². The zero-order chi connectivity index (χ0) is 15.5. The highest BCUT2D eigenvalue weighted by Crippen LogP contribution is 2.18. The summed E-state index contributed by atoms with van der Waals surface area (Å²) in [6.45, 7) is 0.654. The number of hydrogen-bond acceptors (Lipinski definition) is 3. The molecule has 112 valence electrons. The van der Waals surface area contributed by atoms with Gasteiger partial charge in [0.15, 0.2) is 0 Å². The highest BCUT2D eigenvalue weighted by atomic mass is 32.2. The summed E-state index contributed by atoms with van der Waals surface area (Å²) in [5.74, 6) is 0. The first-order valence-corrected chi connectivity index (χ1v) is 8.13. The van der Waals surface area contributed by atoms with Crippen LogP contribution in [0.15, 0.2) is 59.5 Å². The summed E-state index contributed by atoms with van der Waals surface area (Å²) in [6.07, 6.45) is 0. The van der Waals surface area contributed by atoms with Gasteiger partial charge in [-0.05, 0) is 29.8 Å². The maximum atomic E-state index is 12.2.